The minimum atomic E-state index is -0.285. The van der Waals surface area contributed by atoms with Gasteiger partial charge in [0.05, 0.1) is 12.6 Å². The Hall–Kier alpha value is -2.11. The van der Waals surface area contributed by atoms with Gasteiger partial charge in [-0.1, -0.05) is 19.9 Å². The Labute approximate surface area is 125 Å². The van der Waals surface area contributed by atoms with Crippen LogP contribution in [0, 0.1) is 5.92 Å². The van der Waals surface area contributed by atoms with Crippen molar-refractivity contribution in [1.82, 2.24) is 20.5 Å². The third kappa shape index (κ3) is 6.25. The van der Waals surface area contributed by atoms with E-state index in [1.807, 2.05) is 12.1 Å². The van der Waals surface area contributed by atoms with Crippen LogP contribution < -0.4 is 10.6 Å². The number of carbonyl (C=O) groups is 2. The highest BCUT2D eigenvalue weighted by atomic mass is 16.2. The molecule has 0 aliphatic carbocycles. The topological polar surface area (TPSA) is 74.3 Å². The summed E-state index contributed by atoms with van der Waals surface area (Å²) >= 11 is 0. The molecule has 1 aromatic heterocycles. The Kier molecular flexibility index (Phi) is 6.65. The van der Waals surface area contributed by atoms with Gasteiger partial charge in [0.1, 0.15) is 0 Å². The number of hydrogen-bond donors (Lipinski definition) is 2. The van der Waals surface area contributed by atoms with Crippen LogP contribution in [0.15, 0.2) is 24.5 Å². The van der Waals surface area contributed by atoms with Crippen molar-refractivity contribution in [2.75, 3.05) is 20.6 Å². The zero-order valence-electron chi connectivity index (χ0n) is 13.1. The van der Waals surface area contributed by atoms with Crippen molar-refractivity contribution in [1.29, 1.82) is 0 Å². The maximum Gasteiger partial charge on any atom is 0.317 e. The maximum absolute atomic E-state index is 12.0. The Morgan fingerprint density at radius 1 is 1.33 bits per heavy atom. The van der Waals surface area contributed by atoms with Gasteiger partial charge in [-0.25, -0.2) is 4.79 Å². The van der Waals surface area contributed by atoms with E-state index in [0.717, 1.165) is 12.0 Å². The molecule has 0 radical (unpaired) electrons. The molecule has 3 amide bonds. The normalized spacial score (nSPS) is 11.9. The van der Waals surface area contributed by atoms with Crippen molar-refractivity contribution in [3.05, 3.63) is 30.1 Å². The van der Waals surface area contributed by atoms with Gasteiger partial charge in [0, 0.05) is 26.5 Å². The van der Waals surface area contributed by atoms with Crippen LogP contribution in [0.3, 0.4) is 0 Å². The molecule has 0 aromatic carbocycles. The Bertz CT molecular complexity index is 460. The van der Waals surface area contributed by atoms with Gasteiger partial charge < -0.3 is 15.5 Å². The van der Waals surface area contributed by atoms with Crippen LogP contribution in [-0.2, 0) is 4.79 Å². The maximum atomic E-state index is 12.0. The molecule has 0 unspecified atom stereocenters. The van der Waals surface area contributed by atoms with Crippen LogP contribution in [0.1, 0.15) is 31.9 Å². The first-order valence-corrected chi connectivity index (χ1v) is 7.04. The molecule has 0 bridgehead atoms. The fraction of sp³-hybridized carbons (Fsp3) is 0.533. The lowest BCUT2D eigenvalue weighted by Gasteiger charge is -2.21. The van der Waals surface area contributed by atoms with Crippen LogP contribution in [0.25, 0.3) is 0 Å². The molecule has 0 aliphatic rings. The van der Waals surface area contributed by atoms with Gasteiger partial charge in [0.15, 0.2) is 0 Å². The van der Waals surface area contributed by atoms with Gasteiger partial charge in [-0.15, -0.1) is 0 Å². The molecular formula is C15H24N4O2. The van der Waals surface area contributed by atoms with Crippen molar-refractivity contribution in [3.8, 4) is 0 Å². The summed E-state index contributed by atoms with van der Waals surface area (Å²) in [5, 5.41) is 5.50. The first-order valence-electron chi connectivity index (χ1n) is 7.04. The Morgan fingerprint density at radius 2 is 2.05 bits per heavy atom. The van der Waals surface area contributed by atoms with E-state index in [4.69, 9.17) is 0 Å². The lowest BCUT2D eigenvalue weighted by atomic mass is 9.98. The van der Waals surface area contributed by atoms with Crippen LogP contribution >= 0.6 is 0 Å². The van der Waals surface area contributed by atoms with E-state index in [1.54, 1.807) is 26.5 Å². The second kappa shape index (κ2) is 8.24. The zero-order chi connectivity index (χ0) is 15.8. The van der Waals surface area contributed by atoms with Crippen molar-refractivity contribution in [3.63, 3.8) is 0 Å². The number of nitrogens with zero attached hydrogens (tertiary/aromatic N) is 2. The Morgan fingerprint density at radius 3 is 2.57 bits per heavy atom. The lowest BCUT2D eigenvalue weighted by molar-refractivity contribution is -0.121. The van der Waals surface area contributed by atoms with E-state index in [1.165, 1.54) is 4.90 Å². The summed E-state index contributed by atoms with van der Waals surface area (Å²) in [7, 11) is 3.26. The van der Waals surface area contributed by atoms with E-state index in [2.05, 4.69) is 29.5 Å². The average Bonchev–Trinajstić information content (AvgIpc) is 2.44. The van der Waals surface area contributed by atoms with Crippen LogP contribution in [-0.4, -0.2) is 42.5 Å². The van der Waals surface area contributed by atoms with Crippen LogP contribution in [0.2, 0.25) is 0 Å². The van der Waals surface area contributed by atoms with Crippen LogP contribution in [0.5, 0.6) is 0 Å². The van der Waals surface area contributed by atoms with Gasteiger partial charge in [-0.05, 0) is 24.0 Å². The highest BCUT2D eigenvalue weighted by molar-refractivity contribution is 5.84. The molecule has 0 saturated carbocycles. The number of aromatic nitrogens is 1. The number of carbonyl (C=O) groups excluding carboxylic acids is 2. The van der Waals surface area contributed by atoms with Crippen molar-refractivity contribution >= 4 is 11.9 Å². The standard InChI is InChI=1S/C15H24N4O2/c1-11(2)8-13(12-6-5-7-16-9-12)18-14(20)10-17-15(21)19(3)4/h5-7,9,11,13H,8,10H2,1-4H3,(H,17,21)(H,18,20)/t13-/m0/s1. The summed E-state index contributed by atoms with van der Waals surface area (Å²) < 4.78 is 0. The molecule has 1 atom stereocenters. The SMILES string of the molecule is CC(C)C[C@H](NC(=O)CNC(=O)N(C)C)c1cccnc1. The summed E-state index contributed by atoms with van der Waals surface area (Å²) in [6, 6.07) is 3.41. The molecule has 0 aliphatic heterocycles. The molecular weight excluding hydrogens is 268 g/mol. The number of hydrogen-bond acceptors (Lipinski definition) is 3. The molecule has 21 heavy (non-hydrogen) atoms. The van der Waals surface area contributed by atoms with Crippen molar-refractivity contribution in [2.24, 2.45) is 5.92 Å². The summed E-state index contributed by atoms with van der Waals surface area (Å²) in [6.07, 6.45) is 4.28. The molecule has 0 saturated heterocycles. The number of urea groups is 1. The molecule has 0 spiro atoms. The third-order valence-electron chi connectivity index (χ3n) is 2.94. The van der Waals surface area contributed by atoms with Crippen LogP contribution in [0.4, 0.5) is 4.79 Å². The highest BCUT2D eigenvalue weighted by Crippen LogP contribution is 2.20. The minimum Gasteiger partial charge on any atom is -0.348 e. The third-order valence-corrected chi connectivity index (χ3v) is 2.94. The fourth-order valence-corrected chi connectivity index (χ4v) is 1.89. The van der Waals surface area contributed by atoms with Gasteiger partial charge >= 0.3 is 6.03 Å². The Balaban J connectivity index is 2.61. The summed E-state index contributed by atoms with van der Waals surface area (Å²) in [6.45, 7) is 4.17. The van der Waals surface area contributed by atoms with Gasteiger partial charge in [-0.2, -0.15) is 0 Å². The predicted octanol–water partition coefficient (Wildman–Crippen LogP) is 1.56. The van der Waals surface area contributed by atoms with E-state index >= 15 is 0 Å². The van der Waals surface area contributed by atoms with E-state index in [9.17, 15) is 9.59 Å². The molecule has 116 valence electrons. The molecule has 1 rings (SSSR count). The largest absolute Gasteiger partial charge is 0.348 e. The quantitative estimate of drug-likeness (QED) is 0.835. The minimum absolute atomic E-state index is 0.0358. The molecule has 1 heterocycles. The molecule has 6 heteroatoms. The second-order valence-electron chi connectivity index (χ2n) is 5.59. The second-order valence-corrected chi connectivity index (χ2v) is 5.59. The summed E-state index contributed by atoms with van der Waals surface area (Å²) in [5.74, 6) is 0.228. The van der Waals surface area contributed by atoms with Gasteiger partial charge in [-0.3, -0.25) is 9.78 Å². The molecule has 6 nitrogen and oxygen atoms in total. The van der Waals surface area contributed by atoms with Crippen molar-refractivity contribution in [2.45, 2.75) is 26.3 Å². The fourth-order valence-electron chi connectivity index (χ4n) is 1.89. The molecule has 2 N–H and O–H groups in total. The van der Waals surface area contributed by atoms with Gasteiger partial charge in [0.2, 0.25) is 5.91 Å². The van der Waals surface area contributed by atoms with E-state index in [-0.39, 0.29) is 24.5 Å². The number of rotatable bonds is 6. The van der Waals surface area contributed by atoms with E-state index in [0.29, 0.717) is 5.92 Å². The zero-order valence-corrected chi connectivity index (χ0v) is 13.1. The smallest absolute Gasteiger partial charge is 0.317 e. The van der Waals surface area contributed by atoms with Crippen molar-refractivity contribution < 1.29 is 9.59 Å². The number of pyridine rings is 1. The molecule has 1 aromatic rings. The predicted molar refractivity (Wildman–Crippen MR) is 81.7 cm³/mol. The average molecular weight is 292 g/mol. The van der Waals surface area contributed by atoms with Gasteiger partial charge in [0.25, 0.3) is 0 Å². The monoisotopic (exact) mass is 292 g/mol. The molecule has 0 fully saturated rings. The summed E-state index contributed by atoms with van der Waals surface area (Å²) in [4.78, 5) is 28.9. The van der Waals surface area contributed by atoms with E-state index < -0.39 is 0 Å². The number of nitrogens with one attached hydrogen (secondary N) is 2. The first kappa shape index (κ1) is 16.9. The first-order chi connectivity index (χ1) is 9.90. The summed E-state index contributed by atoms with van der Waals surface area (Å²) in [5.41, 5.74) is 0.971. The number of amides is 3. The lowest BCUT2D eigenvalue weighted by Crippen LogP contribution is -2.42. The highest BCUT2D eigenvalue weighted by Gasteiger charge is 2.16.